The number of fused-ring (bicyclic) bond motifs is 15. The number of benzene rings is 5. The number of carboxylic acid groups (broad SMARTS) is 1. The van der Waals surface area contributed by atoms with Crippen LogP contribution in [0.1, 0.15) is 105 Å². The van der Waals surface area contributed by atoms with Gasteiger partial charge in [0, 0.05) is 40.5 Å². The summed E-state index contributed by atoms with van der Waals surface area (Å²) in [5, 5.41) is 130. The number of aliphatic carboxylic acids is 1. The molecule has 11 unspecified atom stereocenters. The van der Waals surface area contributed by atoms with Crippen LogP contribution in [0, 0.1) is 5.92 Å². The molecule has 39 heteroatoms. The van der Waals surface area contributed by atoms with Crippen LogP contribution < -0.4 is 68.6 Å². The van der Waals surface area contributed by atoms with Crippen molar-refractivity contribution >= 4 is 98.8 Å². The molecule has 0 saturated carbocycles. The summed E-state index contributed by atoms with van der Waals surface area (Å²) in [5.74, 6) is -16.1. The van der Waals surface area contributed by atoms with Crippen molar-refractivity contribution in [3.05, 3.63) is 117 Å². The molecule has 22 N–H and O–H groups in total. The number of thioether (sulfide) groups is 1. The van der Waals surface area contributed by atoms with Gasteiger partial charge in [0.25, 0.3) is 0 Å². The number of halogens is 2. The minimum Gasteiger partial charge on any atom is -0.508 e. The molecule has 7 amide bonds. The number of hydrogen-bond donors (Lipinski definition) is 19. The zero-order valence-corrected chi connectivity index (χ0v) is 60.3. The lowest BCUT2D eigenvalue weighted by Crippen LogP contribution is -2.64. The van der Waals surface area contributed by atoms with E-state index in [0.29, 0.717) is 4.34 Å². The molecule has 0 spiro atoms. The number of rotatable bonds is 15. The first kappa shape index (κ1) is 78.6. The maximum atomic E-state index is 16.2. The standard InChI is InChI=1S/C68H76Cl2N12O23S2/c1-23(2)12-34(74-5)58(92)79-49-51(87)26-7-10-38(32(69)14-26)101-40-16-28-17-41(55(40)105-65-56(104-44-21-68(4,73)57(91)24(3)100-44)54(90)53(89)42(103-65)22-106-67-82-81-66(72)107-67)102-39-11-8-27(15-33(39)70)52(88)50-63(97)78-48(64(98)99)31-18-29(83)19-37(85)45(31)30-13-25(6-9-36(30)84)46(60(94)80-50)77-61(95)47(28)76-59(93)35(20-43(71)86)75-62(49)96/h6-11,13-19,23-24,34-35,42,44,46-54,56-57,65,74,83-85,87-91H,12,20-22,73H2,1-5H3,(H2,71,86)(H2,72,81)(H,75,96)(H,76,93)(H,77,95)(H,78,97)(H,79,92)(H,80,94)(H,98,99)/t24?,34-,35+,42?,44?,46?,47?,48-,49-,50+,51-,52-,53?,54?,56?,57?,65?,68?/m1/s1. The van der Waals surface area contributed by atoms with Crippen molar-refractivity contribution in [2.75, 3.05) is 18.5 Å². The molecular formula is C68H76Cl2N12O23S2. The number of amides is 7. The maximum Gasteiger partial charge on any atom is 0.330 e. The average Bonchev–Trinajstić information content (AvgIpc) is 0.971. The normalized spacial score (nSPS) is 28.4. The van der Waals surface area contributed by atoms with Crippen LogP contribution in [-0.4, -0.2) is 195 Å². The van der Waals surface area contributed by atoms with E-state index in [-0.39, 0.29) is 62.9 Å². The zero-order chi connectivity index (χ0) is 77.5. The molecule has 107 heavy (non-hydrogen) atoms. The highest BCUT2D eigenvalue weighted by atomic mass is 35.5. The van der Waals surface area contributed by atoms with Crippen LogP contribution in [0.4, 0.5) is 5.13 Å². The van der Waals surface area contributed by atoms with Crippen molar-refractivity contribution in [2.45, 2.75) is 161 Å². The lowest BCUT2D eigenvalue weighted by atomic mass is 9.86. The van der Waals surface area contributed by atoms with Crippen molar-refractivity contribution in [1.82, 2.24) is 47.4 Å². The highest BCUT2D eigenvalue weighted by molar-refractivity contribution is 8.01. The third kappa shape index (κ3) is 17.1. The number of carbonyl (C=O) groups excluding carboxylic acids is 7. The van der Waals surface area contributed by atoms with Gasteiger partial charge < -0.3 is 129 Å². The molecule has 7 aliphatic rings. The molecule has 2 fully saturated rings. The van der Waals surface area contributed by atoms with E-state index < -0.39 is 225 Å². The average molecular weight is 1560 g/mol. The summed E-state index contributed by atoms with van der Waals surface area (Å²) in [5.41, 5.74) is 14.0. The van der Waals surface area contributed by atoms with Crippen molar-refractivity contribution in [1.29, 1.82) is 0 Å². The van der Waals surface area contributed by atoms with Gasteiger partial charge in [-0.2, -0.15) is 0 Å². The Bertz CT molecular complexity index is 4470. The summed E-state index contributed by atoms with van der Waals surface area (Å²) in [6.07, 6.45) is -18.1. The Morgan fingerprint density at radius 3 is 1.97 bits per heavy atom. The summed E-state index contributed by atoms with van der Waals surface area (Å²) in [4.78, 5) is 118. The quantitative estimate of drug-likeness (QED) is 0.0645. The second kappa shape index (κ2) is 32.2. The molecule has 13 rings (SSSR count). The molecular weight excluding hydrogens is 1490 g/mol. The molecule has 8 heterocycles. The fraction of sp³-hybridized carbons (Fsp3) is 0.412. The Morgan fingerprint density at radius 2 is 1.37 bits per heavy atom. The van der Waals surface area contributed by atoms with Gasteiger partial charge in [-0.05, 0) is 110 Å². The van der Waals surface area contributed by atoms with E-state index in [1.807, 2.05) is 13.8 Å². The minimum absolute atomic E-state index is 0.0956. The number of hydrogen-bond acceptors (Lipinski definition) is 29. The van der Waals surface area contributed by atoms with Gasteiger partial charge in [0.2, 0.25) is 58.5 Å². The summed E-state index contributed by atoms with van der Waals surface area (Å²) >= 11 is 16.3. The third-order valence-electron chi connectivity index (χ3n) is 18.4. The molecule has 6 aromatic rings. The maximum absolute atomic E-state index is 16.2. The van der Waals surface area contributed by atoms with Gasteiger partial charge in [0.1, 0.15) is 83.4 Å². The molecule has 572 valence electrons. The highest BCUT2D eigenvalue weighted by Gasteiger charge is 2.52. The number of nitrogens with two attached hydrogens (primary N) is 3. The third-order valence-corrected chi connectivity index (χ3v) is 21.0. The van der Waals surface area contributed by atoms with Crippen LogP contribution in [0.3, 0.4) is 0 Å². The predicted octanol–water partition coefficient (Wildman–Crippen LogP) is 1.34. The Hall–Kier alpha value is -9.45. The second-order valence-electron chi connectivity index (χ2n) is 26.7. The second-order valence-corrected chi connectivity index (χ2v) is 29.8. The van der Waals surface area contributed by atoms with Gasteiger partial charge in [-0.1, -0.05) is 78.3 Å². The number of aromatic nitrogens is 2. The Kier molecular flexibility index (Phi) is 23.6. The molecule has 0 radical (unpaired) electrons. The molecule has 11 bridgehead atoms. The van der Waals surface area contributed by atoms with Crippen LogP contribution in [0.15, 0.2) is 83.2 Å². The highest BCUT2D eigenvalue weighted by Crippen LogP contribution is 2.50. The molecule has 2 saturated heterocycles. The Morgan fingerprint density at radius 1 is 0.748 bits per heavy atom. The van der Waals surface area contributed by atoms with Crippen LogP contribution in [0.25, 0.3) is 11.1 Å². The van der Waals surface area contributed by atoms with Crippen LogP contribution in [-0.2, 0) is 52.6 Å². The number of nitrogens with zero attached hydrogens (tertiary/aromatic N) is 2. The van der Waals surface area contributed by atoms with Gasteiger partial charge >= 0.3 is 5.97 Å². The zero-order valence-electron chi connectivity index (χ0n) is 57.2. The Labute approximate surface area is 626 Å². The van der Waals surface area contributed by atoms with Gasteiger partial charge in [0.15, 0.2) is 34.3 Å². The van der Waals surface area contributed by atoms with Gasteiger partial charge in [-0.25, -0.2) is 4.79 Å². The molecule has 18 atom stereocenters. The predicted molar refractivity (Wildman–Crippen MR) is 377 cm³/mol. The SMILES string of the molecule is CN[C@H](CC(C)C)C(=O)N[C@H]1C(=O)N[C@@H](CC(N)=O)C(=O)NC2C(=O)NC3C(=O)N[C@H](C(=O)N[C@@H](C(=O)O)c4cc(O)cc(O)c4-c4cc3ccc4O)[C@H](O)c3ccc(c(Cl)c3)Oc3cc2cc(c3OC2OC(CSc3nnc(N)s3)C(O)C(O)C2OC2CC(C)(N)C(O)C(C)O2)Oc2ccc(cc2Cl)[C@H]1O. The number of anilines is 1. The van der Waals surface area contributed by atoms with Gasteiger partial charge in [-0.3, -0.25) is 33.6 Å². The molecule has 35 nitrogen and oxygen atoms in total. The lowest BCUT2D eigenvalue weighted by molar-refractivity contribution is -0.329. The number of aliphatic hydroxyl groups excluding tert-OH is 5. The van der Waals surface area contributed by atoms with E-state index >= 15 is 14.4 Å². The smallest absolute Gasteiger partial charge is 0.330 e. The monoisotopic (exact) mass is 1560 g/mol. The largest absolute Gasteiger partial charge is 0.508 e. The van der Waals surface area contributed by atoms with E-state index in [2.05, 4.69) is 47.4 Å². The number of phenolic OH excluding ortho intramolecular Hbond substituents is 3. The molecule has 5 aromatic carbocycles. The summed E-state index contributed by atoms with van der Waals surface area (Å²) in [6.45, 7) is 6.68. The van der Waals surface area contributed by atoms with E-state index in [1.165, 1.54) is 33.0 Å². The fourth-order valence-electron chi connectivity index (χ4n) is 12.9. The minimum atomic E-state index is -2.35. The van der Waals surface area contributed by atoms with Crippen LogP contribution in [0.2, 0.25) is 10.0 Å². The fourth-order valence-corrected chi connectivity index (χ4v) is 15.1. The first-order chi connectivity index (χ1) is 50.6. The summed E-state index contributed by atoms with van der Waals surface area (Å²) in [7, 11) is 1.48. The van der Waals surface area contributed by atoms with E-state index in [1.54, 1.807) is 0 Å². The number of ether oxygens (including phenoxy) is 6. The number of carbonyl (C=O) groups is 8. The molecule has 0 aliphatic carbocycles. The van der Waals surface area contributed by atoms with E-state index in [0.717, 1.165) is 89.8 Å². The molecule has 7 aliphatic heterocycles. The molecule has 1 aromatic heterocycles. The van der Waals surface area contributed by atoms with Crippen molar-refractivity contribution in [2.24, 2.45) is 17.4 Å². The number of nitrogens with one attached hydrogen (secondary N) is 7. The number of aliphatic hydroxyl groups is 5. The number of primary amides is 1. The first-order valence-corrected chi connectivity index (χ1v) is 35.7. The van der Waals surface area contributed by atoms with Gasteiger partial charge in [0.05, 0.1) is 40.8 Å². The van der Waals surface area contributed by atoms with Gasteiger partial charge in [-0.15, -0.1) is 10.2 Å². The van der Waals surface area contributed by atoms with Crippen LogP contribution >= 0.6 is 46.3 Å². The topological polar surface area (TPSA) is 562 Å². The number of carboxylic acids is 1. The van der Waals surface area contributed by atoms with E-state index in [9.17, 15) is 69.9 Å². The van der Waals surface area contributed by atoms with Crippen LogP contribution in [0.5, 0.6) is 46.0 Å². The Balaban J connectivity index is 1.16. The van der Waals surface area contributed by atoms with E-state index in [4.69, 9.17) is 68.8 Å². The number of likely N-dealkylation sites (N-methyl/N-ethyl adjacent to an activating group) is 1. The van der Waals surface area contributed by atoms with Crippen molar-refractivity contribution in [3.63, 3.8) is 0 Å². The lowest BCUT2D eigenvalue weighted by Gasteiger charge is -2.47. The summed E-state index contributed by atoms with van der Waals surface area (Å²) < 4.78 is 39.7. The number of phenols is 3. The number of nitrogen functional groups attached to an aromatic ring is 1. The summed E-state index contributed by atoms with van der Waals surface area (Å²) in [6, 6.07) is -0.506. The number of aromatic hydroxyl groups is 3. The van der Waals surface area contributed by atoms with Crippen molar-refractivity contribution in [3.8, 4) is 57.1 Å². The first-order valence-electron chi connectivity index (χ1n) is 33.1. The van der Waals surface area contributed by atoms with Crippen molar-refractivity contribution < 1.29 is 113 Å².